The number of allylic oxidation sites excluding steroid dienone is 2. The molecular weight excluding hydrogens is 306 g/mol. The van der Waals surface area contributed by atoms with Crippen LogP contribution in [-0.2, 0) is 0 Å². The molecule has 0 atom stereocenters. The van der Waals surface area contributed by atoms with Crippen molar-refractivity contribution in [3.8, 4) is 0 Å². The SMILES string of the molecule is C/C(C(=Nc1ccccc1)c1ccccc1)=C(/N)C1CCN(C)CC1. The van der Waals surface area contributed by atoms with E-state index in [-0.39, 0.29) is 0 Å². The molecule has 0 saturated carbocycles. The quantitative estimate of drug-likeness (QED) is 0.844. The summed E-state index contributed by atoms with van der Waals surface area (Å²) in [7, 11) is 2.18. The number of hydrogen-bond donors (Lipinski definition) is 1. The average molecular weight is 333 g/mol. The fourth-order valence-electron chi connectivity index (χ4n) is 3.36. The predicted octanol–water partition coefficient (Wildman–Crippen LogP) is 4.38. The fraction of sp³-hybridized carbons (Fsp3) is 0.318. The van der Waals surface area contributed by atoms with Gasteiger partial charge in [0.2, 0.25) is 0 Å². The van der Waals surface area contributed by atoms with E-state index in [1.165, 1.54) is 0 Å². The van der Waals surface area contributed by atoms with Gasteiger partial charge in [-0.25, -0.2) is 4.99 Å². The highest BCUT2D eigenvalue weighted by Gasteiger charge is 2.22. The van der Waals surface area contributed by atoms with Crippen LogP contribution in [0.1, 0.15) is 25.3 Å². The highest BCUT2D eigenvalue weighted by Crippen LogP contribution is 2.26. The zero-order valence-electron chi connectivity index (χ0n) is 15.2. The second-order valence-corrected chi connectivity index (χ2v) is 6.82. The van der Waals surface area contributed by atoms with E-state index in [1.54, 1.807) is 0 Å². The van der Waals surface area contributed by atoms with Crippen molar-refractivity contribution in [1.29, 1.82) is 0 Å². The molecule has 3 rings (SSSR count). The molecule has 0 aromatic heterocycles. The molecule has 1 aliphatic heterocycles. The van der Waals surface area contributed by atoms with E-state index < -0.39 is 0 Å². The lowest BCUT2D eigenvalue weighted by molar-refractivity contribution is 0.237. The van der Waals surface area contributed by atoms with Crippen molar-refractivity contribution in [2.24, 2.45) is 16.6 Å². The first-order chi connectivity index (χ1) is 12.1. The van der Waals surface area contributed by atoms with Crippen LogP contribution in [0.5, 0.6) is 0 Å². The van der Waals surface area contributed by atoms with Gasteiger partial charge in [0.25, 0.3) is 0 Å². The molecule has 25 heavy (non-hydrogen) atoms. The normalized spacial score (nSPS) is 18.1. The zero-order valence-corrected chi connectivity index (χ0v) is 15.2. The highest BCUT2D eigenvalue weighted by molar-refractivity contribution is 6.13. The van der Waals surface area contributed by atoms with Crippen LogP contribution in [0.15, 0.2) is 76.9 Å². The van der Waals surface area contributed by atoms with E-state index in [1.807, 2.05) is 36.4 Å². The summed E-state index contributed by atoms with van der Waals surface area (Å²) in [6.45, 7) is 4.33. The van der Waals surface area contributed by atoms with Crippen molar-refractivity contribution in [1.82, 2.24) is 4.90 Å². The van der Waals surface area contributed by atoms with Crippen LogP contribution in [0.2, 0.25) is 0 Å². The van der Waals surface area contributed by atoms with Crippen LogP contribution in [0, 0.1) is 5.92 Å². The predicted molar refractivity (Wildman–Crippen MR) is 106 cm³/mol. The monoisotopic (exact) mass is 333 g/mol. The summed E-state index contributed by atoms with van der Waals surface area (Å²) in [5.74, 6) is 0.445. The molecular formula is C22H27N3. The van der Waals surface area contributed by atoms with Gasteiger partial charge in [0.15, 0.2) is 0 Å². The van der Waals surface area contributed by atoms with Crippen molar-refractivity contribution in [3.63, 3.8) is 0 Å². The molecule has 3 heteroatoms. The standard InChI is InChI=1S/C22H27N3/c1-17(21(23)18-13-15-25(2)16-14-18)22(19-9-5-3-6-10-19)24-20-11-7-4-8-12-20/h3-12,18H,13-16,23H2,1-2H3/b21-17-,24-22?. The van der Waals surface area contributed by atoms with Crippen LogP contribution in [-0.4, -0.2) is 30.7 Å². The van der Waals surface area contributed by atoms with Gasteiger partial charge in [-0.1, -0.05) is 48.5 Å². The minimum absolute atomic E-state index is 0.445. The third-order valence-electron chi connectivity index (χ3n) is 4.99. The first-order valence-electron chi connectivity index (χ1n) is 8.99. The number of hydrogen-bond acceptors (Lipinski definition) is 3. The number of rotatable bonds is 4. The molecule has 0 radical (unpaired) electrons. The molecule has 2 N–H and O–H groups in total. The van der Waals surface area contributed by atoms with Gasteiger partial charge in [0, 0.05) is 17.2 Å². The number of benzene rings is 2. The maximum absolute atomic E-state index is 6.61. The summed E-state index contributed by atoms with van der Waals surface area (Å²) in [4.78, 5) is 7.30. The molecule has 2 aromatic rings. The highest BCUT2D eigenvalue weighted by atomic mass is 15.1. The topological polar surface area (TPSA) is 41.6 Å². The lowest BCUT2D eigenvalue weighted by Gasteiger charge is -2.30. The van der Waals surface area contributed by atoms with Crippen molar-refractivity contribution in [2.45, 2.75) is 19.8 Å². The van der Waals surface area contributed by atoms with Gasteiger partial charge in [-0.15, -0.1) is 0 Å². The first-order valence-corrected chi connectivity index (χ1v) is 8.99. The minimum atomic E-state index is 0.445. The van der Waals surface area contributed by atoms with Gasteiger partial charge < -0.3 is 10.6 Å². The van der Waals surface area contributed by atoms with Gasteiger partial charge >= 0.3 is 0 Å². The summed E-state index contributed by atoms with van der Waals surface area (Å²) in [6.07, 6.45) is 2.24. The molecule has 1 saturated heterocycles. The number of nitrogens with zero attached hydrogens (tertiary/aromatic N) is 2. The van der Waals surface area contributed by atoms with E-state index in [0.717, 1.165) is 54.2 Å². The number of aliphatic imine (C=N–C) groups is 1. The molecule has 3 nitrogen and oxygen atoms in total. The maximum Gasteiger partial charge on any atom is 0.0755 e. The van der Waals surface area contributed by atoms with E-state index in [2.05, 4.69) is 43.1 Å². The fourth-order valence-corrected chi connectivity index (χ4v) is 3.36. The van der Waals surface area contributed by atoms with Crippen LogP contribution in [0.4, 0.5) is 5.69 Å². The lowest BCUT2D eigenvalue weighted by atomic mass is 9.89. The van der Waals surface area contributed by atoms with Gasteiger partial charge in [0.05, 0.1) is 11.4 Å². The third kappa shape index (κ3) is 4.37. The molecule has 0 unspecified atom stereocenters. The second-order valence-electron chi connectivity index (χ2n) is 6.82. The zero-order chi connectivity index (χ0) is 17.6. The van der Waals surface area contributed by atoms with Crippen LogP contribution < -0.4 is 5.73 Å². The van der Waals surface area contributed by atoms with Crippen LogP contribution in [0.3, 0.4) is 0 Å². The van der Waals surface area contributed by atoms with Crippen molar-refractivity contribution < 1.29 is 0 Å². The Morgan fingerprint density at radius 3 is 2.12 bits per heavy atom. The maximum atomic E-state index is 6.61. The molecule has 130 valence electrons. The Morgan fingerprint density at radius 2 is 1.52 bits per heavy atom. The Bertz CT molecular complexity index is 739. The number of para-hydroxylation sites is 1. The number of nitrogens with two attached hydrogens (primary N) is 1. The second kappa shape index (κ2) is 8.13. The van der Waals surface area contributed by atoms with Gasteiger partial charge in [-0.3, -0.25) is 0 Å². The largest absolute Gasteiger partial charge is 0.402 e. The van der Waals surface area contributed by atoms with Crippen LogP contribution in [0.25, 0.3) is 0 Å². The summed E-state index contributed by atoms with van der Waals surface area (Å²) in [6, 6.07) is 20.4. The Labute approximate surface area is 150 Å². The molecule has 0 bridgehead atoms. The molecule has 0 spiro atoms. The average Bonchev–Trinajstić information content (AvgIpc) is 2.67. The number of likely N-dealkylation sites (tertiary alicyclic amines) is 1. The van der Waals surface area contributed by atoms with Crippen molar-refractivity contribution >= 4 is 11.4 Å². The smallest absolute Gasteiger partial charge is 0.0755 e. The molecule has 1 aliphatic rings. The van der Waals surface area contributed by atoms with Gasteiger partial charge in [0.1, 0.15) is 0 Å². The van der Waals surface area contributed by atoms with E-state index in [0.29, 0.717) is 5.92 Å². The molecule has 1 heterocycles. The third-order valence-corrected chi connectivity index (χ3v) is 4.99. The summed E-state index contributed by atoms with van der Waals surface area (Å²) >= 11 is 0. The Kier molecular flexibility index (Phi) is 5.67. The van der Waals surface area contributed by atoms with Crippen molar-refractivity contribution in [2.75, 3.05) is 20.1 Å². The van der Waals surface area contributed by atoms with E-state index in [4.69, 9.17) is 10.7 Å². The lowest BCUT2D eigenvalue weighted by Crippen LogP contribution is -2.33. The molecule has 0 aliphatic carbocycles. The van der Waals surface area contributed by atoms with Gasteiger partial charge in [-0.05, 0) is 57.6 Å². The Morgan fingerprint density at radius 1 is 0.960 bits per heavy atom. The van der Waals surface area contributed by atoms with Gasteiger partial charge in [-0.2, -0.15) is 0 Å². The summed E-state index contributed by atoms with van der Waals surface area (Å²) < 4.78 is 0. The molecule has 1 fully saturated rings. The summed E-state index contributed by atoms with van der Waals surface area (Å²) in [5.41, 5.74) is 11.7. The van der Waals surface area contributed by atoms with Crippen molar-refractivity contribution in [3.05, 3.63) is 77.5 Å². The molecule has 2 aromatic carbocycles. The Balaban J connectivity index is 1.99. The van der Waals surface area contributed by atoms with E-state index >= 15 is 0 Å². The Hall–Kier alpha value is -2.39. The number of piperidine rings is 1. The van der Waals surface area contributed by atoms with Crippen LogP contribution >= 0.6 is 0 Å². The van der Waals surface area contributed by atoms with E-state index in [9.17, 15) is 0 Å². The minimum Gasteiger partial charge on any atom is -0.402 e. The first kappa shape index (κ1) is 17.4. The molecule has 0 amide bonds. The summed E-state index contributed by atoms with van der Waals surface area (Å²) in [5, 5.41) is 0.